The smallest absolute Gasteiger partial charge is 0.156 e. The summed E-state index contributed by atoms with van der Waals surface area (Å²) in [7, 11) is 1.86. The van der Waals surface area contributed by atoms with Crippen LogP contribution in [0.1, 0.15) is 11.1 Å². The van der Waals surface area contributed by atoms with Crippen molar-refractivity contribution in [3.05, 3.63) is 115 Å². The van der Waals surface area contributed by atoms with Crippen molar-refractivity contribution in [1.29, 1.82) is 0 Å². The van der Waals surface area contributed by atoms with E-state index in [2.05, 4.69) is 42.5 Å². The Hall–Kier alpha value is -3.72. The summed E-state index contributed by atoms with van der Waals surface area (Å²) in [6.45, 7) is 7.84. The molecule has 0 unspecified atom stereocenters. The fourth-order valence-electron chi connectivity index (χ4n) is 2.79. The maximum atomic E-state index is 4.77. The lowest BCUT2D eigenvalue weighted by molar-refractivity contribution is 0.549. The summed E-state index contributed by atoms with van der Waals surface area (Å²) in [5, 5.41) is 6.06. The van der Waals surface area contributed by atoms with Crippen molar-refractivity contribution in [2.75, 3.05) is 7.05 Å². The van der Waals surface area contributed by atoms with Crippen molar-refractivity contribution in [2.45, 2.75) is 0 Å². The van der Waals surface area contributed by atoms with E-state index in [4.69, 9.17) is 4.99 Å². The zero-order chi connectivity index (χ0) is 19.8. The molecule has 0 heterocycles. The molecule has 28 heavy (non-hydrogen) atoms. The highest BCUT2D eigenvalue weighted by molar-refractivity contribution is 6.01. The predicted octanol–water partition coefficient (Wildman–Crippen LogP) is 5.87. The van der Waals surface area contributed by atoms with E-state index in [0.717, 1.165) is 22.5 Å². The highest BCUT2D eigenvalue weighted by atomic mass is 15.5. The van der Waals surface area contributed by atoms with Gasteiger partial charge in [0.1, 0.15) is 0 Å². The molecule has 0 saturated carbocycles. The summed E-state index contributed by atoms with van der Waals surface area (Å²) >= 11 is 0. The number of rotatable bonds is 6. The van der Waals surface area contributed by atoms with Crippen molar-refractivity contribution in [3.8, 4) is 11.1 Å². The lowest BCUT2D eigenvalue weighted by Gasteiger charge is -2.16. The van der Waals surface area contributed by atoms with Crippen LogP contribution in [-0.4, -0.2) is 24.1 Å². The van der Waals surface area contributed by atoms with Gasteiger partial charge in [0.25, 0.3) is 0 Å². The minimum absolute atomic E-state index is 0.680. The van der Waals surface area contributed by atoms with Gasteiger partial charge < -0.3 is 0 Å². The summed E-state index contributed by atoms with van der Waals surface area (Å²) < 4.78 is 0. The Morgan fingerprint density at radius 1 is 0.786 bits per heavy atom. The largest absolute Gasteiger partial charge is 0.251 e. The first-order chi connectivity index (χ1) is 13.7. The second-order valence-electron chi connectivity index (χ2n) is 6.22. The molecule has 138 valence electrons. The van der Waals surface area contributed by atoms with Gasteiger partial charge in [0, 0.05) is 18.8 Å². The molecule has 0 aromatic heterocycles. The van der Waals surface area contributed by atoms with Crippen LogP contribution in [0.15, 0.2) is 114 Å². The second-order valence-corrected chi connectivity index (χ2v) is 6.22. The first-order valence-electron chi connectivity index (χ1n) is 9.06. The minimum Gasteiger partial charge on any atom is -0.251 e. The van der Waals surface area contributed by atoms with E-state index in [-0.39, 0.29) is 0 Å². The number of nitrogens with zero attached hydrogens (tertiary/aromatic N) is 3. The molecular formula is C25H23N3. The molecule has 0 spiro atoms. The zero-order valence-electron chi connectivity index (χ0n) is 16.0. The summed E-state index contributed by atoms with van der Waals surface area (Å²) in [6.07, 6.45) is 3.27. The van der Waals surface area contributed by atoms with E-state index in [9.17, 15) is 0 Å². The van der Waals surface area contributed by atoms with Gasteiger partial charge in [0.05, 0.1) is 5.70 Å². The number of hydrogen-bond acceptors (Lipinski definition) is 2. The van der Waals surface area contributed by atoms with Gasteiger partial charge in [0.15, 0.2) is 5.84 Å². The summed E-state index contributed by atoms with van der Waals surface area (Å²) in [4.78, 5) is 4.77. The van der Waals surface area contributed by atoms with Crippen molar-refractivity contribution in [2.24, 2.45) is 10.1 Å². The van der Waals surface area contributed by atoms with E-state index in [1.807, 2.05) is 67.7 Å². The highest BCUT2D eigenvalue weighted by Crippen LogP contribution is 2.23. The van der Waals surface area contributed by atoms with Crippen LogP contribution in [0.5, 0.6) is 0 Å². The van der Waals surface area contributed by atoms with Crippen LogP contribution in [0.3, 0.4) is 0 Å². The molecular weight excluding hydrogens is 342 g/mol. The summed E-state index contributed by atoms with van der Waals surface area (Å²) in [5.74, 6) is 0.718. The van der Waals surface area contributed by atoms with Gasteiger partial charge in [-0.2, -0.15) is 5.10 Å². The van der Waals surface area contributed by atoms with Crippen LogP contribution in [0.25, 0.3) is 16.8 Å². The van der Waals surface area contributed by atoms with E-state index in [0.29, 0.717) is 5.70 Å². The quantitative estimate of drug-likeness (QED) is 0.305. The molecule has 0 aliphatic heterocycles. The number of hydrogen-bond donors (Lipinski definition) is 0. The molecule has 3 nitrogen and oxygen atoms in total. The molecule has 3 heteroatoms. The average Bonchev–Trinajstić information content (AvgIpc) is 2.77. The van der Waals surface area contributed by atoms with Crippen molar-refractivity contribution >= 4 is 17.7 Å². The maximum Gasteiger partial charge on any atom is 0.156 e. The standard InChI is InChI=1S/C25H23N3/c1-4-19-26-28(3)25(24-13-9-6-10-14-24)27-20(2)21-15-17-23(18-16-21)22-11-7-5-8-12-22/h4-19H,1-2H2,3H3/b26-19-,27-25?. The molecule has 0 radical (unpaired) electrons. The molecule has 0 amide bonds. The first-order valence-corrected chi connectivity index (χ1v) is 9.06. The molecule has 3 aromatic rings. The fourth-order valence-corrected chi connectivity index (χ4v) is 2.79. The first kappa shape index (κ1) is 19.1. The van der Waals surface area contributed by atoms with Gasteiger partial charge in [-0.3, -0.25) is 5.01 Å². The Morgan fingerprint density at radius 2 is 1.36 bits per heavy atom. The van der Waals surface area contributed by atoms with E-state index in [1.54, 1.807) is 17.3 Å². The summed E-state index contributed by atoms with van der Waals surface area (Å²) in [5.41, 5.74) is 4.96. The number of hydrazone groups is 1. The molecule has 3 aromatic carbocycles. The third-order valence-corrected chi connectivity index (χ3v) is 4.25. The van der Waals surface area contributed by atoms with Crippen LogP contribution in [0.4, 0.5) is 0 Å². The van der Waals surface area contributed by atoms with Crippen LogP contribution < -0.4 is 0 Å². The van der Waals surface area contributed by atoms with Gasteiger partial charge >= 0.3 is 0 Å². The van der Waals surface area contributed by atoms with Crippen molar-refractivity contribution < 1.29 is 0 Å². The highest BCUT2D eigenvalue weighted by Gasteiger charge is 2.10. The number of allylic oxidation sites excluding steroid dienone is 1. The van der Waals surface area contributed by atoms with Gasteiger partial charge in [-0.1, -0.05) is 98.1 Å². The molecule has 0 bridgehead atoms. The minimum atomic E-state index is 0.680. The second kappa shape index (κ2) is 9.28. The van der Waals surface area contributed by atoms with Crippen LogP contribution in [0.2, 0.25) is 0 Å². The van der Waals surface area contributed by atoms with E-state index in [1.165, 1.54) is 5.56 Å². The Kier molecular flexibility index (Phi) is 6.32. The SMILES string of the molecule is C=C/C=N\N(C)C(=NC(=C)c1ccc(-c2ccccc2)cc1)c1ccccc1. The van der Waals surface area contributed by atoms with Gasteiger partial charge in [0.2, 0.25) is 0 Å². The Morgan fingerprint density at radius 3 is 1.96 bits per heavy atom. The third kappa shape index (κ3) is 4.71. The Labute approximate surface area is 166 Å². The third-order valence-electron chi connectivity index (χ3n) is 4.25. The Bertz CT molecular complexity index is 985. The van der Waals surface area contributed by atoms with E-state index >= 15 is 0 Å². The molecule has 0 aliphatic carbocycles. The normalized spacial score (nSPS) is 11.4. The molecule has 0 aliphatic rings. The molecule has 3 rings (SSSR count). The molecule has 0 saturated heterocycles. The van der Waals surface area contributed by atoms with E-state index < -0.39 is 0 Å². The van der Waals surface area contributed by atoms with Gasteiger partial charge in [-0.15, -0.1) is 0 Å². The number of amidine groups is 1. The Balaban J connectivity index is 1.90. The molecule has 0 fully saturated rings. The zero-order valence-corrected chi connectivity index (χ0v) is 16.0. The summed E-state index contributed by atoms with van der Waals surface area (Å²) in [6, 6.07) is 28.5. The molecule has 0 atom stereocenters. The maximum absolute atomic E-state index is 4.77. The number of benzene rings is 3. The average molecular weight is 365 g/mol. The molecule has 0 N–H and O–H groups in total. The number of aliphatic imine (C=N–C) groups is 1. The lowest BCUT2D eigenvalue weighted by Crippen LogP contribution is -2.22. The van der Waals surface area contributed by atoms with Crippen LogP contribution >= 0.6 is 0 Å². The van der Waals surface area contributed by atoms with Crippen molar-refractivity contribution in [3.63, 3.8) is 0 Å². The predicted molar refractivity (Wildman–Crippen MR) is 120 cm³/mol. The van der Waals surface area contributed by atoms with Gasteiger partial charge in [-0.05, 0) is 22.8 Å². The van der Waals surface area contributed by atoms with Crippen LogP contribution in [-0.2, 0) is 0 Å². The van der Waals surface area contributed by atoms with Crippen LogP contribution in [0, 0.1) is 0 Å². The lowest BCUT2D eigenvalue weighted by atomic mass is 10.0. The monoisotopic (exact) mass is 365 g/mol. The topological polar surface area (TPSA) is 28.0 Å². The van der Waals surface area contributed by atoms with Gasteiger partial charge in [-0.25, -0.2) is 4.99 Å². The van der Waals surface area contributed by atoms with Crippen molar-refractivity contribution in [1.82, 2.24) is 5.01 Å². The fraction of sp³-hybridized carbons (Fsp3) is 0.0400.